The van der Waals surface area contributed by atoms with Crippen LogP contribution in [0.25, 0.3) is 0 Å². The fraction of sp³-hybridized carbons (Fsp3) is 0.615. The molecule has 0 aliphatic rings. The number of esters is 1. The van der Waals surface area contributed by atoms with E-state index in [1.54, 1.807) is 19.9 Å². The number of hydrogen-bond donors (Lipinski definition) is 2. The normalized spacial score (nSPS) is 12.6. The Balaban J connectivity index is 2.76. The summed E-state index contributed by atoms with van der Waals surface area (Å²) in [6.45, 7) is 7.67. The van der Waals surface area contributed by atoms with Crippen molar-refractivity contribution >= 4 is 5.97 Å². The van der Waals surface area contributed by atoms with Crippen LogP contribution in [0.5, 0.6) is 0 Å². The summed E-state index contributed by atoms with van der Waals surface area (Å²) in [5.41, 5.74) is -0.681. The SMILES string of the molecule is COC(=O)c1occc1CNC(C)(C)C(C)(C)O. The Labute approximate surface area is 107 Å². The van der Waals surface area contributed by atoms with Crippen LogP contribution < -0.4 is 5.32 Å². The van der Waals surface area contributed by atoms with Crippen LogP contribution in [-0.4, -0.2) is 29.3 Å². The van der Waals surface area contributed by atoms with E-state index in [9.17, 15) is 9.90 Å². The number of nitrogens with one attached hydrogen (secondary N) is 1. The minimum absolute atomic E-state index is 0.191. The Morgan fingerprint density at radius 1 is 1.44 bits per heavy atom. The molecular weight excluding hydrogens is 234 g/mol. The second-order valence-electron chi connectivity index (χ2n) is 5.30. The third kappa shape index (κ3) is 3.11. The number of furan rings is 1. The first-order valence-electron chi connectivity index (χ1n) is 5.81. The molecule has 0 unspecified atom stereocenters. The largest absolute Gasteiger partial charge is 0.463 e. The highest BCUT2D eigenvalue weighted by molar-refractivity contribution is 5.87. The molecule has 0 aliphatic heterocycles. The van der Waals surface area contributed by atoms with Gasteiger partial charge >= 0.3 is 5.97 Å². The summed E-state index contributed by atoms with van der Waals surface area (Å²) in [5.74, 6) is -0.311. The van der Waals surface area contributed by atoms with E-state index in [0.29, 0.717) is 12.1 Å². The number of rotatable bonds is 5. The van der Waals surface area contributed by atoms with Crippen molar-refractivity contribution in [1.29, 1.82) is 0 Å². The number of aliphatic hydroxyl groups is 1. The van der Waals surface area contributed by atoms with Crippen LogP contribution in [0.15, 0.2) is 16.7 Å². The molecule has 5 heteroatoms. The lowest BCUT2D eigenvalue weighted by molar-refractivity contribution is -0.00538. The van der Waals surface area contributed by atoms with Gasteiger partial charge in [0.2, 0.25) is 5.76 Å². The average Bonchev–Trinajstić information content (AvgIpc) is 2.72. The van der Waals surface area contributed by atoms with Crippen molar-refractivity contribution in [1.82, 2.24) is 5.32 Å². The number of ether oxygens (including phenoxy) is 1. The van der Waals surface area contributed by atoms with Crippen LogP contribution in [-0.2, 0) is 11.3 Å². The smallest absolute Gasteiger partial charge is 0.374 e. The highest BCUT2D eigenvalue weighted by Gasteiger charge is 2.34. The molecule has 0 aromatic carbocycles. The molecule has 1 aromatic rings. The predicted octanol–water partition coefficient (Wildman–Crippen LogP) is 1.71. The van der Waals surface area contributed by atoms with Crippen LogP contribution in [0.4, 0.5) is 0 Å². The zero-order valence-corrected chi connectivity index (χ0v) is 11.5. The van der Waals surface area contributed by atoms with Gasteiger partial charge in [-0.1, -0.05) is 0 Å². The summed E-state index contributed by atoms with van der Waals surface area (Å²) in [6, 6.07) is 1.71. The highest BCUT2D eigenvalue weighted by Crippen LogP contribution is 2.22. The van der Waals surface area contributed by atoms with Gasteiger partial charge in [-0.3, -0.25) is 0 Å². The number of hydrogen-bond acceptors (Lipinski definition) is 5. The fourth-order valence-corrected chi connectivity index (χ4v) is 1.28. The monoisotopic (exact) mass is 255 g/mol. The highest BCUT2D eigenvalue weighted by atomic mass is 16.5. The summed E-state index contributed by atoms with van der Waals surface area (Å²) < 4.78 is 9.72. The summed E-state index contributed by atoms with van der Waals surface area (Å²) in [6.07, 6.45) is 1.44. The van der Waals surface area contributed by atoms with E-state index >= 15 is 0 Å². The van der Waals surface area contributed by atoms with Gasteiger partial charge in [-0.2, -0.15) is 0 Å². The van der Waals surface area contributed by atoms with Gasteiger partial charge in [0.1, 0.15) is 0 Å². The molecule has 2 N–H and O–H groups in total. The number of carbonyl (C=O) groups is 1. The van der Waals surface area contributed by atoms with Crippen molar-refractivity contribution in [2.45, 2.75) is 45.4 Å². The molecule has 102 valence electrons. The molecule has 0 atom stereocenters. The maximum absolute atomic E-state index is 11.4. The zero-order valence-electron chi connectivity index (χ0n) is 11.5. The van der Waals surface area contributed by atoms with E-state index in [4.69, 9.17) is 4.42 Å². The van der Waals surface area contributed by atoms with Crippen LogP contribution in [0.3, 0.4) is 0 Å². The van der Waals surface area contributed by atoms with E-state index in [1.807, 2.05) is 13.8 Å². The van der Waals surface area contributed by atoms with Crippen molar-refractivity contribution in [3.05, 3.63) is 23.7 Å². The summed E-state index contributed by atoms with van der Waals surface area (Å²) in [4.78, 5) is 11.4. The lowest BCUT2D eigenvalue weighted by Gasteiger charge is -2.38. The fourth-order valence-electron chi connectivity index (χ4n) is 1.28. The van der Waals surface area contributed by atoms with Gasteiger partial charge in [0.05, 0.1) is 19.0 Å². The van der Waals surface area contributed by atoms with Crippen LogP contribution >= 0.6 is 0 Å². The Hall–Kier alpha value is -1.33. The Bertz CT molecular complexity index is 415. The van der Waals surface area contributed by atoms with E-state index in [1.165, 1.54) is 13.4 Å². The molecule has 0 saturated carbocycles. The van der Waals surface area contributed by atoms with E-state index in [0.717, 1.165) is 0 Å². The molecule has 0 amide bonds. The van der Waals surface area contributed by atoms with Crippen molar-refractivity contribution < 1.29 is 19.1 Å². The lowest BCUT2D eigenvalue weighted by atomic mass is 9.86. The molecule has 5 nitrogen and oxygen atoms in total. The standard InChI is InChI=1S/C13H21NO4/c1-12(2,13(3,4)16)14-8-9-6-7-18-10(9)11(15)17-5/h6-7,14,16H,8H2,1-5H3. The van der Waals surface area contributed by atoms with E-state index in [2.05, 4.69) is 10.1 Å². The first-order chi connectivity index (χ1) is 8.19. The van der Waals surface area contributed by atoms with Crippen LogP contribution in [0, 0.1) is 0 Å². The van der Waals surface area contributed by atoms with Crippen LogP contribution in [0.1, 0.15) is 43.8 Å². The minimum atomic E-state index is -0.887. The van der Waals surface area contributed by atoms with Crippen molar-refractivity contribution in [2.24, 2.45) is 0 Å². The quantitative estimate of drug-likeness (QED) is 0.784. The third-order valence-electron chi connectivity index (χ3n) is 3.37. The lowest BCUT2D eigenvalue weighted by Crippen LogP contribution is -2.55. The van der Waals surface area contributed by atoms with Gasteiger partial charge < -0.3 is 19.6 Å². The second-order valence-corrected chi connectivity index (χ2v) is 5.30. The molecule has 0 saturated heterocycles. The molecule has 0 radical (unpaired) electrons. The molecule has 1 heterocycles. The third-order valence-corrected chi connectivity index (χ3v) is 3.37. The summed E-state index contributed by atoms with van der Waals surface area (Å²) in [5, 5.41) is 13.2. The van der Waals surface area contributed by atoms with Crippen molar-refractivity contribution in [3.8, 4) is 0 Å². The summed E-state index contributed by atoms with van der Waals surface area (Å²) >= 11 is 0. The first kappa shape index (κ1) is 14.7. The van der Waals surface area contributed by atoms with Gasteiger partial charge in [-0.15, -0.1) is 0 Å². The second kappa shape index (κ2) is 5.12. The van der Waals surface area contributed by atoms with Gasteiger partial charge in [-0.05, 0) is 33.8 Å². The number of methoxy groups -OCH3 is 1. The minimum Gasteiger partial charge on any atom is -0.463 e. The first-order valence-corrected chi connectivity index (χ1v) is 5.81. The van der Waals surface area contributed by atoms with Crippen molar-refractivity contribution in [3.63, 3.8) is 0 Å². The molecule has 0 fully saturated rings. The topological polar surface area (TPSA) is 71.7 Å². The Kier molecular flexibility index (Phi) is 4.19. The predicted molar refractivity (Wildman–Crippen MR) is 67.3 cm³/mol. The molecule has 0 spiro atoms. The molecule has 18 heavy (non-hydrogen) atoms. The van der Waals surface area contributed by atoms with Gasteiger partial charge in [0.15, 0.2) is 0 Å². The Morgan fingerprint density at radius 2 is 2.06 bits per heavy atom. The van der Waals surface area contributed by atoms with Gasteiger partial charge in [0, 0.05) is 17.6 Å². The number of carbonyl (C=O) groups excluding carboxylic acids is 1. The van der Waals surface area contributed by atoms with E-state index < -0.39 is 17.1 Å². The molecular formula is C13H21NO4. The average molecular weight is 255 g/mol. The van der Waals surface area contributed by atoms with Crippen molar-refractivity contribution in [2.75, 3.05) is 7.11 Å². The zero-order chi connectivity index (χ0) is 14.0. The molecule has 0 aliphatic carbocycles. The van der Waals surface area contributed by atoms with Crippen LogP contribution in [0.2, 0.25) is 0 Å². The maximum Gasteiger partial charge on any atom is 0.374 e. The summed E-state index contributed by atoms with van der Waals surface area (Å²) in [7, 11) is 1.31. The molecule has 0 bridgehead atoms. The van der Waals surface area contributed by atoms with Gasteiger partial charge in [0.25, 0.3) is 0 Å². The maximum atomic E-state index is 11.4. The van der Waals surface area contributed by atoms with Gasteiger partial charge in [-0.25, -0.2) is 4.79 Å². The molecule has 1 rings (SSSR count). The molecule has 1 aromatic heterocycles. The van der Waals surface area contributed by atoms with E-state index in [-0.39, 0.29) is 5.76 Å². The Morgan fingerprint density at radius 3 is 2.56 bits per heavy atom.